The van der Waals surface area contributed by atoms with E-state index in [1.807, 2.05) is 38.1 Å². The van der Waals surface area contributed by atoms with Crippen molar-refractivity contribution >= 4 is 5.97 Å². The summed E-state index contributed by atoms with van der Waals surface area (Å²) < 4.78 is 10.6. The molecule has 0 aliphatic carbocycles. The molecule has 0 fully saturated rings. The average Bonchev–Trinajstić information content (AvgIpc) is 2.58. The quantitative estimate of drug-likeness (QED) is 0.412. The zero-order valence-corrected chi connectivity index (χ0v) is 15.2. The summed E-state index contributed by atoms with van der Waals surface area (Å²) in [7, 11) is 1.65. The van der Waals surface area contributed by atoms with Crippen LogP contribution >= 0.6 is 0 Å². The first-order valence-corrected chi connectivity index (χ1v) is 8.90. The molecule has 0 bridgehead atoms. The van der Waals surface area contributed by atoms with Gasteiger partial charge in [0.1, 0.15) is 5.75 Å². The number of methoxy groups -OCH3 is 1. The van der Waals surface area contributed by atoms with Crippen LogP contribution in [0.4, 0.5) is 0 Å². The molecule has 1 rings (SSSR count). The second-order valence-corrected chi connectivity index (χ2v) is 6.30. The fourth-order valence-electron chi connectivity index (χ4n) is 2.87. The van der Waals surface area contributed by atoms with Crippen LogP contribution in [0.2, 0.25) is 0 Å². The SMILES string of the molecule is CCCCCCCCC(C)(C(=O)OCC)c1ccc(OC)cc1. The molecule has 0 aliphatic rings. The highest BCUT2D eigenvalue weighted by Gasteiger charge is 2.36. The lowest BCUT2D eigenvalue weighted by atomic mass is 9.78. The number of benzene rings is 1. The van der Waals surface area contributed by atoms with E-state index in [0.29, 0.717) is 6.61 Å². The number of hydrogen-bond donors (Lipinski definition) is 0. The van der Waals surface area contributed by atoms with Gasteiger partial charge in [0.05, 0.1) is 19.1 Å². The fraction of sp³-hybridized carbons (Fsp3) is 0.650. The Morgan fingerprint density at radius 3 is 2.17 bits per heavy atom. The molecule has 0 radical (unpaired) electrons. The minimum absolute atomic E-state index is 0.126. The van der Waals surface area contributed by atoms with Crippen LogP contribution in [0.1, 0.15) is 71.3 Å². The normalized spacial score (nSPS) is 13.4. The first kappa shape index (κ1) is 19.5. The Bertz CT molecular complexity index is 452. The number of carbonyl (C=O) groups is 1. The van der Waals surface area contributed by atoms with Gasteiger partial charge in [0, 0.05) is 0 Å². The van der Waals surface area contributed by atoms with Crippen molar-refractivity contribution in [2.24, 2.45) is 0 Å². The van der Waals surface area contributed by atoms with Crippen LogP contribution in [-0.2, 0) is 14.9 Å². The average molecular weight is 320 g/mol. The molecule has 3 heteroatoms. The van der Waals surface area contributed by atoms with Crippen molar-refractivity contribution in [1.29, 1.82) is 0 Å². The van der Waals surface area contributed by atoms with Gasteiger partial charge in [-0.05, 0) is 38.0 Å². The summed E-state index contributed by atoms with van der Waals surface area (Å²) in [6.07, 6.45) is 8.13. The van der Waals surface area contributed by atoms with E-state index >= 15 is 0 Å². The smallest absolute Gasteiger partial charge is 0.316 e. The van der Waals surface area contributed by atoms with Crippen molar-refractivity contribution in [1.82, 2.24) is 0 Å². The summed E-state index contributed by atoms with van der Waals surface area (Å²) in [4.78, 5) is 12.5. The van der Waals surface area contributed by atoms with Crippen molar-refractivity contribution in [2.75, 3.05) is 13.7 Å². The molecule has 1 aromatic rings. The molecule has 23 heavy (non-hydrogen) atoms. The molecule has 1 unspecified atom stereocenters. The molecule has 0 spiro atoms. The molecule has 130 valence electrons. The van der Waals surface area contributed by atoms with Gasteiger partial charge in [-0.2, -0.15) is 0 Å². The maximum absolute atomic E-state index is 12.5. The first-order chi connectivity index (χ1) is 11.1. The Hall–Kier alpha value is -1.51. The van der Waals surface area contributed by atoms with Crippen LogP contribution in [0.3, 0.4) is 0 Å². The largest absolute Gasteiger partial charge is 0.497 e. The zero-order chi connectivity index (χ0) is 17.1. The molecule has 0 saturated heterocycles. The third-order valence-corrected chi connectivity index (χ3v) is 4.48. The van der Waals surface area contributed by atoms with Gasteiger partial charge < -0.3 is 9.47 Å². The van der Waals surface area contributed by atoms with Crippen LogP contribution < -0.4 is 4.74 Å². The van der Waals surface area contributed by atoms with E-state index < -0.39 is 5.41 Å². The van der Waals surface area contributed by atoms with Gasteiger partial charge in [-0.15, -0.1) is 0 Å². The van der Waals surface area contributed by atoms with E-state index in [2.05, 4.69) is 6.92 Å². The van der Waals surface area contributed by atoms with Gasteiger partial charge in [-0.25, -0.2) is 0 Å². The predicted octanol–water partition coefficient (Wildman–Crippen LogP) is 5.27. The maximum Gasteiger partial charge on any atom is 0.316 e. The van der Waals surface area contributed by atoms with E-state index in [9.17, 15) is 4.79 Å². The van der Waals surface area contributed by atoms with Crippen LogP contribution in [0.25, 0.3) is 0 Å². The molecular weight excluding hydrogens is 288 g/mol. The van der Waals surface area contributed by atoms with Crippen LogP contribution in [0.15, 0.2) is 24.3 Å². The van der Waals surface area contributed by atoms with E-state index in [0.717, 1.165) is 24.2 Å². The van der Waals surface area contributed by atoms with Gasteiger partial charge in [-0.1, -0.05) is 57.6 Å². The number of rotatable bonds is 11. The highest BCUT2D eigenvalue weighted by atomic mass is 16.5. The predicted molar refractivity (Wildman–Crippen MR) is 95.0 cm³/mol. The van der Waals surface area contributed by atoms with Crippen molar-refractivity contribution in [3.05, 3.63) is 29.8 Å². The lowest BCUT2D eigenvalue weighted by Crippen LogP contribution is -2.34. The van der Waals surface area contributed by atoms with Crippen LogP contribution in [0, 0.1) is 0 Å². The standard InChI is InChI=1S/C20H32O3/c1-5-7-8-9-10-11-16-20(3,19(21)23-6-2)17-12-14-18(22-4)15-13-17/h12-15H,5-11,16H2,1-4H3. The Morgan fingerprint density at radius 2 is 1.61 bits per heavy atom. The van der Waals surface area contributed by atoms with Gasteiger partial charge in [0.2, 0.25) is 0 Å². The maximum atomic E-state index is 12.5. The van der Waals surface area contributed by atoms with Crippen molar-refractivity contribution in [2.45, 2.75) is 71.1 Å². The summed E-state index contributed by atoms with van der Waals surface area (Å²) >= 11 is 0. The third-order valence-electron chi connectivity index (χ3n) is 4.48. The lowest BCUT2D eigenvalue weighted by Gasteiger charge is -2.28. The minimum Gasteiger partial charge on any atom is -0.497 e. The van der Waals surface area contributed by atoms with E-state index in [1.165, 1.54) is 32.1 Å². The molecule has 1 aromatic carbocycles. The highest BCUT2D eigenvalue weighted by Crippen LogP contribution is 2.32. The molecule has 0 aromatic heterocycles. The molecule has 0 heterocycles. The summed E-state index contributed by atoms with van der Waals surface area (Å²) in [5.74, 6) is 0.679. The lowest BCUT2D eigenvalue weighted by molar-refractivity contribution is -0.149. The number of unbranched alkanes of at least 4 members (excludes halogenated alkanes) is 5. The summed E-state index contributed by atoms with van der Waals surface area (Å²) in [6.45, 7) is 6.50. The Balaban J connectivity index is 2.74. The molecule has 0 N–H and O–H groups in total. The van der Waals surface area contributed by atoms with Crippen molar-refractivity contribution < 1.29 is 14.3 Å². The Labute approximate surface area is 141 Å². The summed E-state index contributed by atoms with van der Waals surface area (Å²) in [5.41, 5.74) is 0.429. The fourth-order valence-corrected chi connectivity index (χ4v) is 2.87. The van der Waals surface area contributed by atoms with Gasteiger partial charge >= 0.3 is 5.97 Å². The molecular formula is C20H32O3. The summed E-state index contributed by atoms with van der Waals surface area (Å²) in [5, 5.41) is 0. The second-order valence-electron chi connectivity index (χ2n) is 6.30. The molecule has 0 saturated carbocycles. The van der Waals surface area contributed by atoms with Crippen molar-refractivity contribution in [3.63, 3.8) is 0 Å². The zero-order valence-electron chi connectivity index (χ0n) is 15.2. The van der Waals surface area contributed by atoms with Gasteiger partial charge in [-0.3, -0.25) is 4.79 Å². The van der Waals surface area contributed by atoms with Gasteiger partial charge in [0.25, 0.3) is 0 Å². The molecule has 1 atom stereocenters. The number of hydrogen-bond acceptors (Lipinski definition) is 3. The van der Waals surface area contributed by atoms with E-state index in [-0.39, 0.29) is 5.97 Å². The molecule has 0 aliphatic heterocycles. The Morgan fingerprint density at radius 1 is 1.00 bits per heavy atom. The summed E-state index contributed by atoms with van der Waals surface area (Å²) in [6, 6.07) is 7.78. The monoisotopic (exact) mass is 320 g/mol. The Kier molecular flexibility index (Phi) is 8.75. The topological polar surface area (TPSA) is 35.5 Å². The first-order valence-electron chi connectivity index (χ1n) is 8.90. The van der Waals surface area contributed by atoms with E-state index in [1.54, 1.807) is 7.11 Å². The number of esters is 1. The number of carbonyl (C=O) groups excluding carboxylic acids is 1. The molecule has 3 nitrogen and oxygen atoms in total. The third kappa shape index (κ3) is 5.89. The highest BCUT2D eigenvalue weighted by molar-refractivity contribution is 5.82. The van der Waals surface area contributed by atoms with E-state index in [4.69, 9.17) is 9.47 Å². The number of ether oxygens (including phenoxy) is 2. The molecule has 0 amide bonds. The van der Waals surface area contributed by atoms with Crippen LogP contribution in [-0.4, -0.2) is 19.7 Å². The minimum atomic E-state index is -0.576. The van der Waals surface area contributed by atoms with Crippen LogP contribution in [0.5, 0.6) is 5.75 Å². The second kappa shape index (κ2) is 10.3. The van der Waals surface area contributed by atoms with Crippen molar-refractivity contribution in [3.8, 4) is 5.75 Å². The van der Waals surface area contributed by atoms with Gasteiger partial charge in [0.15, 0.2) is 0 Å².